The van der Waals surface area contributed by atoms with Crippen LogP contribution in [-0.2, 0) is 4.74 Å². The normalized spacial score (nSPS) is 20.3. The zero-order valence-corrected chi connectivity index (χ0v) is 11.5. The smallest absolute Gasteiger partial charge is 0.277 e. The lowest BCUT2D eigenvalue weighted by Gasteiger charge is -2.41. The molecule has 1 aromatic heterocycles. The van der Waals surface area contributed by atoms with Crippen molar-refractivity contribution in [2.24, 2.45) is 0 Å². The summed E-state index contributed by atoms with van der Waals surface area (Å²) >= 11 is 0. The Kier molecular flexibility index (Phi) is 3.66. The van der Waals surface area contributed by atoms with Crippen LogP contribution in [0.5, 0.6) is 0 Å². The van der Waals surface area contributed by atoms with E-state index in [9.17, 15) is 4.79 Å². The molecule has 2 rings (SSSR count). The number of rotatable bonds is 4. The third-order valence-corrected chi connectivity index (χ3v) is 3.20. The number of fused-ring (bicyclic) bond motifs is 1. The Hall–Kier alpha value is -1.76. The Balaban J connectivity index is 2.24. The predicted molar refractivity (Wildman–Crippen MR) is 75.5 cm³/mol. The van der Waals surface area contributed by atoms with Gasteiger partial charge in [-0.25, -0.2) is 0 Å². The number of ether oxygens (including phenoxy) is 1. The van der Waals surface area contributed by atoms with E-state index >= 15 is 0 Å². The highest BCUT2D eigenvalue weighted by atomic mass is 16.5. The van der Waals surface area contributed by atoms with Crippen LogP contribution in [0.3, 0.4) is 0 Å². The quantitative estimate of drug-likeness (QED) is 0.600. The molecule has 0 spiro atoms. The van der Waals surface area contributed by atoms with Crippen molar-refractivity contribution in [2.75, 3.05) is 29.6 Å². The van der Waals surface area contributed by atoms with E-state index in [4.69, 9.17) is 10.5 Å². The molecule has 2 heterocycles. The monoisotopic (exact) mass is 267 g/mol. The predicted octanol–water partition coefficient (Wildman–Crippen LogP) is 0.763. The Morgan fingerprint density at radius 2 is 2.21 bits per heavy atom. The van der Waals surface area contributed by atoms with Gasteiger partial charge in [-0.15, -0.1) is 0 Å². The standard InChI is InChI=1S/C12H21N5O2/c1-4-5-19-6-7-12(2,3)17-9-8(14-7)10(18)16-11(13)15-9/h7,14H,4-6H2,1-3H3,(H4,13,15,16,17,18). The Morgan fingerprint density at radius 3 is 2.89 bits per heavy atom. The van der Waals surface area contributed by atoms with Crippen LogP contribution in [-0.4, -0.2) is 34.8 Å². The molecular formula is C12H21N5O2. The minimum atomic E-state index is -0.284. The van der Waals surface area contributed by atoms with Gasteiger partial charge in [-0.05, 0) is 20.3 Å². The van der Waals surface area contributed by atoms with E-state index in [1.165, 1.54) is 0 Å². The molecular weight excluding hydrogens is 246 g/mol. The highest BCUT2D eigenvalue weighted by molar-refractivity contribution is 5.69. The molecule has 0 bridgehead atoms. The summed E-state index contributed by atoms with van der Waals surface area (Å²) in [6.45, 7) is 7.35. The number of nitrogens with two attached hydrogens (primary N) is 1. The van der Waals surface area contributed by atoms with Gasteiger partial charge in [0.25, 0.3) is 5.56 Å². The molecule has 1 unspecified atom stereocenters. The van der Waals surface area contributed by atoms with Crippen molar-refractivity contribution in [3.8, 4) is 0 Å². The van der Waals surface area contributed by atoms with Gasteiger partial charge in [0.05, 0.1) is 18.2 Å². The minimum absolute atomic E-state index is 0.0157. The molecule has 0 saturated carbocycles. The van der Waals surface area contributed by atoms with Gasteiger partial charge in [0.2, 0.25) is 5.95 Å². The van der Waals surface area contributed by atoms with Crippen molar-refractivity contribution in [2.45, 2.75) is 38.8 Å². The van der Waals surface area contributed by atoms with E-state index in [1.807, 2.05) is 13.8 Å². The van der Waals surface area contributed by atoms with Crippen LogP contribution < -0.4 is 21.9 Å². The Morgan fingerprint density at radius 1 is 1.47 bits per heavy atom. The third-order valence-electron chi connectivity index (χ3n) is 3.20. The first-order valence-electron chi connectivity index (χ1n) is 6.46. The first-order valence-corrected chi connectivity index (χ1v) is 6.46. The van der Waals surface area contributed by atoms with E-state index in [0.717, 1.165) is 6.42 Å². The summed E-state index contributed by atoms with van der Waals surface area (Å²) in [7, 11) is 0. The molecule has 1 aromatic rings. The van der Waals surface area contributed by atoms with Crippen molar-refractivity contribution >= 4 is 17.5 Å². The van der Waals surface area contributed by atoms with Gasteiger partial charge >= 0.3 is 0 Å². The fourth-order valence-electron chi connectivity index (χ4n) is 2.06. The van der Waals surface area contributed by atoms with Crippen LogP contribution in [0.4, 0.5) is 17.5 Å². The lowest BCUT2D eigenvalue weighted by molar-refractivity contribution is 0.112. The summed E-state index contributed by atoms with van der Waals surface area (Å²) in [5.74, 6) is 0.590. The first kappa shape index (κ1) is 13.7. The Labute approximate surface area is 111 Å². The van der Waals surface area contributed by atoms with Crippen LogP contribution in [0.2, 0.25) is 0 Å². The second-order valence-electron chi connectivity index (χ2n) is 5.29. The average molecular weight is 267 g/mol. The van der Waals surface area contributed by atoms with E-state index < -0.39 is 0 Å². The summed E-state index contributed by atoms with van der Waals surface area (Å²) in [4.78, 5) is 18.4. The van der Waals surface area contributed by atoms with Crippen LogP contribution >= 0.6 is 0 Å². The van der Waals surface area contributed by atoms with Gasteiger partial charge in [0, 0.05) is 6.61 Å². The second kappa shape index (κ2) is 5.08. The lowest BCUT2D eigenvalue weighted by Crippen LogP contribution is -2.55. The van der Waals surface area contributed by atoms with Crippen LogP contribution in [0.25, 0.3) is 0 Å². The molecule has 0 radical (unpaired) electrons. The summed E-state index contributed by atoms with van der Waals surface area (Å²) in [6, 6.07) is -0.0157. The Bertz CT molecular complexity index is 511. The fourth-order valence-corrected chi connectivity index (χ4v) is 2.06. The topological polar surface area (TPSA) is 105 Å². The molecule has 0 amide bonds. The van der Waals surface area contributed by atoms with Crippen LogP contribution in [0, 0.1) is 0 Å². The number of nitrogen functional groups attached to an aromatic ring is 1. The number of nitrogens with zero attached hydrogens (tertiary/aromatic N) is 1. The number of anilines is 3. The summed E-state index contributed by atoms with van der Waals surface area (Å²) < 4.78 is 5.58. The van der Waals surface area contributed by atoms with Gasteiger partial charge in [0.15, 0.2) is 5.82 Å². The number of hydrogen-bond acceptors (Lipinski definition) is 6. The zero-order chi connectivity index (χ0) is 14.0. The SMILES string of the molecule is CCCOCC1Nc2c(nc(N)[nH]c2=O)NC1(C)C. The largest absolute Gasteiger partial charge is 0.379 e. The highest BCUT2D eigenvalue weighted by Crippen LogP contribution is 2.29. The number of aromatic amines is 1. The molecule has 5 N–H and O–H groups in total. The van der Waals surface area contributed by atoms with Crippen LogP contribution in [0.1, 0.15) is 27.2 Å². The van der Waals surface area contributed by atoms with Gasteiger partial charge < -0.3 is 21.1 Å². The van der Waals surface area contributed by atoms with E-state index in [0.29, 0.717) is 24.7 Å². The molecule has 7 nitrogen and oxygen atoms in total. The third kappa shape index (κ3) is 2.81. The maximum absolute atomic E-state index is 11.9. The van der Waals surface area contributed by atoms with Crippen molar-refractivity contribution in [1.82, 2.24) is 9.97 Å². The van der Waals surface area contributed by atoms with Gasteiger partial charge in [0.1, 0.15) is 5.69 Å². The first-order chi connectivity index (χ1) is 8.94. The summed E-state index contributed by atoms with van der Waals surface area (Å²) in [5, 5.41) is 6.43. The van der Waals surface area contributed by atoms with E-state index in [2.05, 4.69) is 27.5 Å². The molecule has 0 fully saturated rings. The molecule has 106 valence electrons. The molecule has 0 aromatic carbocycles. The van der Waals surface area contributed by atoms with Gasteiger partial charge in [-0.1, -0.05) is 6.92 Å². The van der Waals surface area contributed by atoms with Crippen molar-refractivity contribution in [3.63, 3.8) is 0 Å². The number of hydrogen-bond donors (Lipinski definition) is 4. The van der Waals surface area contributed by atoms with Crippen molar-refractivity contribution in [3.05, 3.63) is 10.4 Å². The maximum Gasteiger partial charge on any atom is 0.277 e. The number of aromatic nitrogens is 2. The van der Waals surface area contributed by atoms with Crippen molar-refractivity contribution < 1.29 is 4.74 Å². The summed E-state index contributed by atoms with van der Waals surface area (Å²) in [6.07, 6.45) is 0.968. The van der Waals surface area contributed by atoms with Gasteiger partial charge in [-0.2, -0.15) is 4.98 Å². The number of nitrogens with one attached hydrogen (secondary N) is 3. The molecule has 1 aliphatic heterocycles. The van der Waals surface area contributed by atoms with Crippen LogP contribution in [0.15, 0.2) is 4.79 Å². The zero-order valence-electron chi connectivity index (χ0n) is 11.5. The molecule has 1 aliphatic rings. The lowest BCUT2D eigenvalue weighted by atomic mass is 9.92. The molecule has 1 atom stereocenters. The van der Waals surface area contributed by atoms with E-state index in [1.54, 1.807) is 0 Å². The molecule has 0 aliphatic carbocycles. The second-order valence-corrected chi connectivity index (χ2v) is 5.29. The van der Waals surface area contributed by atoms with Crippen molar-refractivity contribution in [1.29, 1.82) is 0 Å². The fraction of sp³-hybridized carbons (Fsp3) is 0.667. The molecule has 0 saturated heterocycles. The average Bonchev–Trinajstić information content (AvgIpc) is 2.29. The summed E-state index contributed by atoms with van der Waals surface area (Å²) in [5.41, 5.74) is 5.40. The maximum atomic E-state index is 11.9. The highest BCUT2D eigenvalue weighted by Gasteiger charge is 2.36. The molecule has 7 heteroatoms. The van der Waals surface area contributed by atoms with Gasteiger partial charge in [-0.3, -0.25) is 9.78 Å². The molecule has 19 heavy (non-hydrogen) atoms. The number of H-pyrrole nitrogens is 1. The minimum Gasteiger partial charge on any atom is -0.379 e. The van der Waals surface area contributed by atoms with E-state index in [-0.39, 0.29) is 23.1 Å².